The third-order valence-electron chi connectivity index (χ3n) is 6.48. The zero-order valence-electron chi connectivity index (χ0n) is 20.2. The summed E-state index contributed by atoms with van der Waals surface area (Å²) in [6.45, 7) is 3.31. The van der Waals surface area contributed by atoms with Crippen LogP contribution in [0.3, 0.4) is 0 Å². The smallest absolute Gasteiger partial charge is 0.332 e. The van der Waals surface area contributed by atoms with Crippen LogP contribution in [-0.2, 0) is 13.6 Å². The molecule has 36 heavy (non-hydrogen) atoms. The molecule has 0 radical (unpaired) electrons. The molecule has 0 spiro atoms. The van der Waals surface area contributed by atoms with Gasteiger partial charge in [0, 0.05) is 38.8 Å². The lowest BCUT2D eigenvalue weighted by Crippen LogP contribution is -2.49. The van der Waals surface area contributed by atoms with Crippen molar-refractivity contribution in [3.63, 3.8) is 0 Å². The van der Waals surface area contributed by atoms with Gasteiger partial charge in [0.1, 0.15) is 17.2 Å². The molecule has 3 aromatic rings. The molecular weight excluding hydrogens is 465 g/mol. The summed E-state index contributed by atoms with van der Waals surface area (Å²) < 4.78 is 16.7. The van der Waals surface area contributed by atoms with E-state index in [0.29, 0.717) is 37.4 Å². The minimum absolute atomic E-state index is 0.0530. The molecule has 9 nitrogen and oxygen atoms in total. The number of anilines is 2. The number of nitrogen functional groups attached to an aromatic ring is 1. The van der Waals surface area contributed by atoms with Gasteiger partial charge in [-0.1, -0.05) is 30.3 Å². The molecule has 2 N–H and O–H groups in total. The number of ketones is 2. The molecule has 1 saturated heterocycles. The number of rotatable bonds is 7. The van der Waals surface area contributed by atoms with Crippen molar-refractivity contribution in [3.8, 4) is 0 Å². The Hall–Kier alpha value is -4.05. The first kappa shape index (κ1) is 25.1. The van der Waals surface area contributed by atoms with Gasteiger partial charge < -0.3 is 10.6 Å². The molecule has 0 amide bonds. The average molecular weight is 494 g/mol. The maximum Gasteiger partial charge on any atom is 0.332 e. The molecule has 188 valence electrons. The van der Waals surface area contributed by atoms with Gasteiger partial charge in [0.05, 0.1) is 18.8 Å². The number of halogens is 1. The van der Waals surface area contributed by atoms with Crippen molar-refractivity contribution in [1.29, 1.82) is 0 Å². The SMILES string of the molecule is CC(=O)c1ccc(N2CCN(CC(=O)c3c(N)n(Cc4ccccc4)c(=O)n(C)c3=O)CC2)c(F)c1. The zero-order valence-corrected chi connectivity index (χ0v) is 20.2. The van der Waals surface area contributed by atoms with Crippen LogP contribution in [0, 0.1) is 5.82 Å². The lowest BCUT2D eigenvalue weighted by Gasteiger charge is -2.36. The molecule has 2 aromatic carbocycles. The Morgan fingerprint density at radius 1 is 1.00 bits per heavy atom. The van der Waals surface area contributed by atoms with E-state index in [1.54, 1.807) is 12.1 Å². The van der Waals surface area contributed by atoms with E-state index in [-0.39, 0.29) is 30.3 Å². The quantitative estimate of drug-likeness (QED) is 0.497. The molecule has 0 atom stereocenters. The van der Waals surface area contributed by atoms with Crippen molar-refractivity contribution in [2.75, 3.05) is 43.4 Å². The molecule has 1 aliphatic rings. The van der Waals surface area contributed by atoms with Gasteiger partial charge in [-0.05, 0) is 30.7 Å². The summed E-state index contributed by atoms with van der Waals surface area (Å²) in [6.07, 6.45) is 0. The molecule has 0 aliphatic carbocycles. The highest BCUT2D eigenvalue weighted by Crippen LogP contribution is 2.22. The second-order valence-corrected chi connectivity index (χ2v) is 8.89. The normalized spacial score (nSPS) is 14.1. The predicted molar refractivity (Wildman–Crippen MR) is 135 cm³/mol. The number of hydrogen-bond acceptors (Lipinski definition) is 7. The van der Waals surface area contributed by atoms with Crippen LogP contribution in [0.5, 0.6) is 0 Å². The van der Waals surface area contributed by atoms with Crippen LogP contribution in [0.25, 0.3) is 0 Å². The highest BCUT2D eigenvalue weighted by molar-refractivity contribution is 6.01. The molecule has 1 fully saturated rings. The van der Waals surface area contributed by atoms with Crippen molar-refractivity contribution >= 4 is 23.1 Å². The van der Waals surface area contributed by atoms with Gasteiger partial charge in [-0.15, -0.1) is 0 Å². The number of hydrogen-bond donors (Lipinski definition) is 1. The summed E-state index contributed by atoms with van der Waals surface area (Å²) in [5, 5.41) is 0. The fourth-order valence-electron chi connectivity index (χ4n) is 4.38. The predicted octanol–water partition coefficient (Wildman–Crippen LogP) is 1.52. The lowest BCUT2D eigenvalue weighted by atomic mass is 10.1. The third-order valence-corrected chi connectivity index (χ3v) is 6.48. The number of piperazine rings is 1. The first-order valence-electron chi connectivity index (χ1n) is 11.6. The van der Waals surface area contributed by atoms with Crippen LogP contribution in [0.1, 0.15) is 33.2 Å². The Morgan fingerprint density at radius 3 is 2.28 bits per heavy atom. The molecular formula is C26H28FN5O4. The van der Waals surface area contributed by atoms with Crippen molar-refractivity contribution in [2.24, 2.45) is 7.05 Å². The van der Waals surface area contributed by atoms with Gasteiger partial charge in [-0.3, -0.25) is 28.4 Å². The number of aromatic nitrogens is 2. The van der Waals surface area contributed by atoms with E-state index < -0.39 is 22.8 Å². The standard InChI is InChI=1S/C26H28FN5O4/c1-17(33)19-8-9-21(20(27)14-19)31-12-10-30(11-13-31)16-22(34)23-24(28)32(26(36)29(2)25(23)35)15-18-6-4-3-5-7-18/h3-9,14H,10-13,15-16,28H2,1-2H3. The van der Waals surface area contributed by atoms with Gasteiger partial charge in [-0.2, -0.15) is 0 Å². The molecule has 0 bridgehead atoms. The van der Waals surface area contributed by atoms with Crippen LogP contribution >= 0.6 is 0 Å². The van der Waals surface area contributed by atoms with Crippen molar-refractivity contribution in [3.05, 3.63) is 91.9 Å². The maximum absolute atomic E-state index is 14.5. The summed E-state index contributed by atoms with van der Waals surface area (Å²) >= 11 is 0. The number of nitrogens with two attached hydrogens (primary N) is 1. The van der Waals surface area contributed by atoms with Crippen LogP contribution in [0.2, 0.25) is 0 Å². The van der Waals surface area contributed by atoms with E-state index in [4.69, 9.17) is 5.73 Å². The Bertz CT molecular complexity index is 1420. The van der Waals surface area contributed by atoms with E-state index in [9.17, 15) is 23.6 Å². The molecule has 10 heteroatoms. The van der Waals surface area contributed by atoms with Gasteiger partial charge in [0.15, 0.2) is 11.6 Å². The van der Waals surface area contributed by atoms with Gasteiger partial charge >= 0.3 is 5.69 Å². The first-order valence-corrected chi connectivity index (χ1v) is 11.6. The average Bonchev–Trinajstić information content (AvgIpc) is 2.86. The van der Waals surface area contributed by atoms with Crippen LogP contribution in [0.15, 0.2) is 58.1 Å². The van der Waals surface area contributed by atoms with E-state index in [1.165, 1.54) is 24.6 Å². The Balaban J connectivity index is 1.49. The number of benzene rings is 2. The molecule has 1 aromatic heterocycles. The first-order chi connectivity index (χ1) is 17.2. The molecule has 0 saturated carbocycles. The number of carbonyl (C=O) groups is 2. The van der Waals surface area contributed by atoms with E-state index >= 15 is 0 Å². The monoisotopic (exact) mass is 493 g/mol. The fraction of sp³-hybridized carbons (Fsp3) is 0.308. The van der Waals surface area contributed by atoms with Crippen LogP contribution in [-0.4, -0.2) is 58.3 Å². The maximum atomic E-state index is 14.5. The second kappa shape index (κ2) is 10.3. The largest absolute Gasteiger partial charge is 0.384 e. The van der Waals surface area contributed by atoms with Crippen molar-refractivity contribution < 1.29 is 14.0 Å². The third kappa shape index (κ3) is 4.99. The zero-order chi connectivity index (χ0) is 26.0. The van der Waals surface area contributed by atoms with Gasteiger partial charge in [-0.25, -0.2) is 9.18 Å². The van der Waals surface area contributed by atoms with Crippen molar-refractivity contribution in [2.45, 2.75) is 13.5 Å². The van der Waals surface area contributed by atoms with Crippen molar-refractivity contribution in [1.82, 2.24) is 14.0 Å². The summed E-state index contributed by atoms with van der Waals surface area (Å²) in [5.41, 5.74) is 6.19. The van der Waals surface area contributed by atoms with Crippen LogP contribution in [0.4, 0.5) is 15.9 Å². The number of nitrogens with zero attached hydrogens (tertiary/aromatic N) is 4. The number of Topliss-reactive ketones (excluding diaryl/α,β-unsaturated/α-hetero) is 2. The second-order valence-electron chi connectivity index (χ2n) is 8.89. The highest BCUT2D eigenvalue weighted by Gasteiger charge is 2.26. The topological polar surface area (TPSA) is 111 Å². The lowest BCUT2D eigenvalue weighted by molar-refractivity contribution is 0.0923. The minimum Gasteiger partial charge on any atom is -0.384 e. The van der Waals surface area contributed by atoms with Gasteiger partial charge in [0.25, 0.3) is 5.56 Å². The Morgan fingerprint density at radius 2 is 1.67 bits per heavy atom. The summed E-state index contributed by atoms with van der Waals surface area (Å²) in [4.78, 5) is 53.9. The summed E-state index contributed by atoms with van der Waals surface area (Å²) in [6, 6.07) is 13.6. The Labute approximate surface area is 207 Å². The molecule has 0 unspecified atom stereocenters. The van der Waals surface area contributed by atoms with Crippen LogP contribution < -0.4 is 21.9 Å². The van der Waals surface area contributed by atoms with Gasteiger partial charge in [0.2, 0.25) is 0 Å². The van der Waals surface area contributed by atoms with E-state index in [0.717, 1.165) is 10.1 Å². The van der Waals surface area contributed by atoms with E-state index in [1.807, 2.05) is 40.1 Å². The number of carbonyl (C=O) groups excluding carboxylic acids is 2. The molecule has 1 aliphatic heterocycles. The van der Waals surface area contributed by atoms with E-state index in [2.05, 4.69) is 0 Å². The summed E-state index contributed by atoms with van der Waals surface area (Å²) in [7, 11) is 1.33. The highest BCUT2D eigenvalue weighted by atomic mass is 19.1. The fourth-order valence-corrected chi connectivity index (χ4v) is 4.38. The summed E-state index contributed by atoms with van der Waals surface area (Å²) in [5.74, 6) is -1.29. The molecule has 4 rings (SSSR count). The minimum atomic E-state index is -0.724. The Kier molecular flexibility index (Phi) is 7.16. The molecule has 2 heterocycles.